The first-order chi connectivity index (χ1) is 8.84. The van der Waals surface area contributed by atoms with Crippen LogP contribution in [-0.2, 0) is 16.0 Å². The zero-order valence-electron chi connectivity index (χ0n) is 10.3. The molecule has 0 aromatic heterocycles. The molecule has 2 heterocycles. The number of hydrogen-bond donors (Lipinski definition) is 1. The van der Waals surface area contributed by atoms with Gasteiger partial charge in [-0.05, 0) is 12.0 Å². The van der Waals surface area contributed by atoms with Gasteiger partial charge in [0.2, 0.25) is 0 Å². The molecule has 1 atom stereocenters. The van der Waals surface area contributed by atoms with Crippen LogP contribution in [-0.4, -0.2) is 17.3 Å². The van der Waals surface area contributed by atoms with Gasteiger partial charge < -0.3 is 4.74 Å². The summed E-state index contributed by atoms with van der Waals surface area (Å²) in [4.78, 5) is 12.0. The van der Waals surface area contributed by atoms with Crippen molar-refractivity contribution in [3.8, 4) is 0 Å². The second kappa shape index (κ2) is 5.91. The van der Waals surface area contributed by atoms with Crippen molar-refractivity contribution in [2.45, 2.75) is 6.42 Å². The number of hydrazine groups is 1. The summed E-state index contributed by atoms with van der Waals surface area (Å²) in [6.07, 6.45) is 5.73. The van der Waals surface area contributed by atoms with Crippen molar-refractivity contribution in [2.24, 2.45) is 5.92 Å². The number of halogens is 1. The lowest BCUT2D eigenvalue weighted by Crippen LogP contribution is -2.49. The number of carbonyl (C=O) groups is 1. The molecule has 1 aromatic carbocycles. The summed E-state index contributed by atoms with van der Waals surface area (Å²) in [5, 5.41) is 1.86. The fraction of sp³-hybridized carbons (Fsp3) is 0.214. The van der Waals surface area contributed by atoms with E-state index in [4.69, 9.17) is 4.74 Å². The minimum atomic E-state index is -0.140. The Morgan fingerprint density at radius 1 is 1.32 bits per heavy atom. The number of ketones is 1. The van der Waals surface area contributed by atoms with E-state index >= 15 is 0 Å². The molecule has 0 saturated carbocycles. The Kier molecular flexibility index (Phi) is 4.24. The molecule has 3 rings (SSSR count). The summed E-state index contributed by atoms with van der Waals surface area (Å²) < 4.78 is 5.18. The van der Waals surface area contributed by atoms with E-state index in [9.17, 15) is 4.79 Å². The highest BCUT2D eigenvalue weighted by atomic mass is 35.5. The highest BCUT2D eigenvalue weighted by molar-refractivity contribution is 5.86. The lowest BCUT2D eigenvalue weighted by atomic mass is 9.90. The van der Waals surface area contributed by atoms with Crippen molar-refractivity contribution in [1.29, 1.82) is 0 Å². The molecule has 5 heteroatoms. The van der Waals surface area contributed by atoms with Gasteiger partial charge in [0, 0.05) is 0 Å². The number of benzene rings is 1. The molecular weight excluding hydrogens is 264 g/mol. The molecule has 0 bridgehead atoms. The first-order valence-electron chi connectivity index (χ1n) is 5.96. The first-order valence-corrected chi connectivity index (χ1v) is 5.96. The van der Waals surface area contributed by atoms with Crippen molar-refractivity contribution in [2.75, 3.05) is 6.54 Å². The van der Waals surface area contributed by atoms with Gasteiger partial charge in [0.05, 0.1) is 24.4 Å². The summed E-state index contributed by atoms with van der Waals surface area (Å²) in [6, 6.07) is 10.0. The van der Waals surface area contributed by atoms with Gasteiger partial charge in [-0.15, -0.1) is 12.4 Å². The maximum absolute atomic E-state index is 12.0. The number of ether oxygens (including phenoxy) is 1. The quantitative estimate of drug-likeness (QED) is 0.898. The average Bonchev–Trinajstić information content (AvgIpc) is 2.43. The van der Waals surface area contributed by atoms with E-state index in [1.165, 1.54) is 0 Å². The van der Waals surface area contributed by atoms with Crippen LogP contribution in [0.15, 0.2) is 54.8 Å². The monoisotopic (exact) mass is 278 g/mol. The molecule has 1 unspecified atom stereocenters. The molecule has 1 fully saturated rings. The summed E-state index contributed by atoms with van der Waals surface area (Å²) >= 11 is 0. The van der Waals surface area contributed by atoms with Crippen molar-refractivity contribution in [3.63, 3.8) is 0 Å². The lowest BCUT2D eigenvalue weighted by Gasteiger charge is -2.35. The Morgan fingerprint density at radius 3 is 2.89 bits per heavy atom. The second-order valence-corrected chi connectivity index (χ2v) is 4.38. The Hall–Kier alpha value is -1.78. The van der Waals surface area contributed by atoms with E-state index in [0.29, 0.717) is 13.0 Å². The predicted octanol–water partition coefficient (Wildman–Crippen LogP) is 2.00. The number of fused-ring (bicyclic) bond motifs is 1. The molecule has 1 aromatic rings. The SMILES string of the molecule is Cl.O=C1CNN2C=COC=C2C1Cc1ccccc1. The fourth-order valence-corrected chi connectivity index (χ4v) is 2.26. The lowest BCUT2D eigenvalue weighted by molar-refractivity contribution is -0.124. The summed E-state index contributed by atoms with van der Waals surface area (Å²) in [7, 11) is 0. The van der Waals surface area contributed by atoms with Crippen LogP contribution < -0.4 is 5.43 Å². The van der Waals surface area contributed by atoms with Crippen LogP contribution in [0.5, 0.6) is 0 Å². The Bertz CT molecular complexity index is 513. The molecule has 1 N–H and O–H groups in total. The maximum Gasteiger partial charge on any atom is 0.157 e. The molecule has 0 amide bonds. The van der Waals surface area contributed by atoms with Crippen molar-refractivity contribution in [3.05, 3.63) is 60.3 Å². The van der Waals surface area contributed by atoms with E-state index in [1.54, 1.807) is 18.7 Å². The van der Waals surface area contributed by atoms with Crippen LogP contribution in [0.25, 0.3) is 0 Å². The van der Waals surface area contributed by atoms with Crippen LogP contribution in [0.3, 0.4) is 0 Å². The van der Waals surface area contributed by atoms with Gasteiger partial charge in [-0.1, -0.05) is 30.3 Å². The Labute approximate surface area is 118 Å². The number of Topliss-reactive ketones (excluding diaryl/α,β-unsaturated/α-hetero) is 1. The first kappa shape index (κ1) is 13.6. The maximum atomic E-state index is 12.0. The summed E-state index contributed by atoms with van der Waals surface area (Å²) in [5.74, 6) is 0.0545. The van der Waals surface area contributed by atoms with Crippen molar-refractivity contribution >= 4 is 18.2 Å². The Balaban J connectivity index is 0.00000133. The van der Waals surface area contributed by atoms with Crippen LogP contribution in [0.2, 0.25) is 0 Å². The van der Waals surface area contributed by atoms with E-state index < -0.39 is 0 Å². The highest BCUT2D eigenvalue weighted by Gasteiger charge is 2.32. The molecule has 2 aliphatic heterocycles. The largest absolute Gasteiger partial charge is 0.469 e. The number of rotatable bonds is 2. The number of allylic oxidation sites excluding steroid dienone is 1. The van der Waals surface area contributed by atoms with Gasteiger partial charge in [-0.25, -0.2) is 5.43 Å². The summed E-state index contributed by atoms with van der Waals surface area (Å²) in [5.41, 5.74) is 5.07. The van der Waals surface area contributed by atoms with E-state index in [0.717, 1.165) is 11.3 Å². The van der Waals surface area contributed by atoms with E-state index in [1.807, 2.05) is 35.3 Å². The smallest absolute Gasteiger partial charge is 0.157 e. The van der Waals surface area contributed by atoms with Crippen LogP contribution in [0, 0.1) is 5.92 Å². The molecule has 0 aliphatic carbocycles. The number of nitrogens with one attached hydrogen (secondary N) is 1. The molecule has 19 heavy (non-hydrogen) atoms. The molecule has 0 spiro atoms. The van der Waals surface area contributed by atoms with Gasteiger partial charge in [-0.3, -0.25) is 9.80 Å². The third-order valence-corrected chi connectivity index (χ3v) is 3.21. The minimum Gasteiger partial charge on any atom is -0.469 e. The number of hydrogen-bond acceptors (Lipinski definition) is 4. The second-order valence-electron chi connectivity index (χ2n) is 4.38. The third-order valence-electron chi connectivity index (χ3n) is 3.21. The van der Waals surface area contributed by atoms with Crippen LogP contribution in [0.1, 0.15) is 5.56 Å². The van der Waals surface area contributed by atoms with Gasteiger partial charge in [-0.2, -0.15) is 0 Å². The molecule has 0 radical (unpaired) electrons. The number of carbonyl (C=O) groups excluding carboxylic acids is 1. The molecule has 1 saturated heterocycles. The molecule has 100 valence electrons. The topological polar surface area (TPSA) is 41.6 Å². The van der Waals surface area contributed by atoms with Gasteiger partial charge in [0.1, 0.15) is 12.5 Å². The number of nitrogens with zero attached hydrogens (tertiary/aromatic N) is 1. The van der Waals surface area contributed by atoms with Gasteiger partial charge in [0.15, 0.2) is 5.78 Å². The van der Waals surface area contributed by atoms with Crippen molar-refractivity contribution in [1.82, 2.24) is 10.4 Å². The Morgan fingerprint density at radius 2 is 2.11 bits per heavy atom. The molecule has 2 aliphatic rings. The van der Waals surface area contributed by atoms with Gasteiger partial charge in [0.25, 0.3) is 0 Å². The minimum absolute atomic E-state index is 0. The molecular formula is C14H15ClN2O2. The van der Waals surface area contributed by atoms with Crippen LogP contribution >= 0.6 is 12.4 Å². The standard InChI is InChI=1S/C14H14N2O2.ClH/c17-14-9-15-16-6-7-18-10-13(16)12(14)8-11-4-2-1-3-5-11;/h1-7,10,12,15H,8-9H2;1H. The van der Waals surface area contributed by atoms with Gasteiger partial charge >= 0.3 is 0 Å². The molecule has 4 nitrogen and oxygen atoms in total. The fourth-order valence-electron chi connectivity index (χ4n) is 2.26. The zero-order valence-corrected chi connectivity index (χ0v) is 11.1. The normalized spacial score (nSPS) is 21.1. The highest BCUT2D eigenvalue weighted by Crippen LogP contribution is 2.26. The summed E-state index contributed by atoms with van der Waals surface area (Å²) in [6.45, 7) is 0.360. The zero-order chi connectivity index (χ0) is 12.4. The van der Waals surface area contributed by atoms with E-state index in [-0.39, 0.29) is 24.1 Å². The predicted molar refractivity (Wildman–Crippen MR) is 74.0 cm³/mol. The van der Waals surface area contributed by atoms with Crippen LogP contribution in [0.4, 0.5) is 0 Å². The third kappa shape index (κ3) is 2.80. The van der Waals surface area contributed by atoms with Crippen molar-refractivity contribution < 1.29 is 9.53 Å². The van der Waals surface area contributed by atoms with E-state index in [2.05, 4.69) is 5.43 Å². The average molecular weight is 279 g/mol.